The van der Waals surface area contributed by atoms with Crippen LogP contribution in [0, 0.1) is 11.5 Å². The molecule has 1 fully saturated rings. The minimum absolute atomic E-state index is 0.526. The van der Waals surface area contributed by atoms with E-state index in [0.29, 0.717) is 12.1 Å². The third-order valence-electron chi connectivity index (χ3n) is 2.16. The van der Waals surface area contributed by atoms with Crippen molar-refractivity contribution in [3.8, 4) is 11.5 Å². The lowest BCUT2D eigenvalue weighted by Crippen LogP contribution is -2.16. The first-order valence-corrected chi connectivity index (χ1v) is 8.81. The Morgan fingerprint density at radius 1 is 1.31 bits per heavy atom. The van der Waals surface area contributed by atoms with Crippen molar-refractivity contribution in [2.24, 2.45) is 0 Å². The van der Waals surface area contributed by atoms with Crippen LogP contribution in [0.15, 0.2) is 0 Å². The summed E-state index contributed by atoms with van der Waals surface area (Å²) in [4.78, 5) is 0. The van der Waals surface area contributed by atoms with Crippen LogP contribution in [0.3, 0.4) is 0 Å². The summed E-state index contributed by atoms with van der Waals surface area (Å²) in [5, 5.41) is 3.42. The molecular weight excluding hydrogens is 174 g/mol. The van der Waals surface area contributed by atoms with Gasteiger partial charge in [-0.25, -0.2) is 0 Å². The van der Waals surface area contributed by atoms with Crippen molar-refractivity contribution in [2.75, 3.05) is 0 Å². The molecule has 0 spiro atoms. The summed E-state index contributed by atoms with van der Waals surface area (Å²) in [6, 6.07) is 1.24. The Hall–Kier alpha value is -0.263. The van der Waals surface area contributed by atoms with E-state index in [9.17, 15) is 0 Å². The monoisotopic (exact) mass is 195 g/mol. The molecule has 13 heavy (non-hydrogen) atoms. The third-order valence-corrected chi connectivity index (χ3v) is 3.05. The lowest BCUT2D eigenvalue weighted by molar-refractivity contribution is 0.702. The highest BCUT2D eigenvalue weighted by atomic mass is 28.3. The molecule has 1 saturated heterocycles. The minimum atomic E-state index is -1.14. The average molecular weight is 195 g/mol. The zero-order valence-electron chi connectivity index (χ0n) is 9.28. The molecule has 0 aliphatic carbocycles. The number of rotatable bonds is 3. The maximum absolute atomic E-state index is 3.42. The van der Waals surface area contributed by atoms with Gasteiger partial charge < -0.3 is 0 Å². The first-order chi connectivity index (χ1) is 6.03. The number of unbranched alkanes of at least 4 members (excludes halogenated alkanes) is 1. The molecule has 0 aromatic rings. The number of nitrogens with one attached hydrogen (secondary N) is 1. The number of hydrogen-bond acceptors (Lipinski definition) is 1. The molecule has 1 nitrogen and oxygen atoms in total. The van der Waals surface area contributed by atoms with E-state index in [1.54, 1.807) is 0 Å². The average Bonchev–Trinajstić information content (AvgIpc) is 2.75. The predicted molar refractivity (Wildman–Crippen MR) is 61.4 cm³/mol. The van der Waals surface area contributed by atoms with Crippen LogP contribution in [-0.2, 0) is 0 Å². The lowest BCUT2D eigenvalue weighted by atomic mass is 10.2. The van der Waals surface area contributed by atoms with Crippen LogP contribution in [0.4, 0.5) is 0 Å². The van der Waals surface area contributed by atoms with Gasteiger partial charge in [0, 0.05) is 6.04 Å². The van der Waals surface area contributed by atoms with Crippen LogP contribution in [0.5, 0.6) is 0 Å². The van der Waals surface area contributed by atoms with Crippen molar-refractivity contribution in [2.45, 2.75) is 57.9 Å². The molecule has 2 heteroatoms. The molecule has 1 N–H and O–H groups in total. The van der Waals surface area contributed by atoms with Gasteiger partial charge in [0.05, 0.1) is 6.04 Å². The molecule has 1 aliphatic heterocycles. The molecule has 0 radical (unpaired) electrons. The Labute approximate surface area is 83.3 Å². The first kappa shape index (κ1) is 10.8. The maximum Gasteiger partial charge on any atom is 0.129 e. The molecule has 0 aromatic heterocycles. The highest BCUT2D eigenvalue weighted by Gasteiger charge is 2.33. The zero-order valence-corrected chi connectivity index (χ0v) is 10.3. The van der Waals surface area contributed by atoms with Crippen molar-refractivity contribution in [1.82, 2.24) is 5.32 Å². The van der Waals surface area contributed by atoms with Crippen LogP contribution in [0.1, 0.15) is 26.2 Å². The van der Waals surface area contributed by atoms with Gasteiger partial charge in [0.25, 0.3) is 0 Å². The van der Waals surface area contributed by atoms with Crippen LogP contribution < -0.4 is 5.32 Å². The largest absolute Gasteiger partial charge is 0.297 e. The van der Waals surface area contributed by atoms with Gasteiger partial charge in [-0.15, -0.1) is 5.54 Å². The quantitative estimate of drug-likeness (QED) is 0.417. The second-order valence-electron chi connectivity index (χ2n) is 4.91. The second-order valence-corrected chi connectivity index (χ2v) is 9.66. The smallest absolute Gasteiger partial charge is 0.129 e. The molecule has 2 atom stereocenters. The fourth-order valence-corrected chi connectivity index (χ4v) is 1.87. The Balaban J connectivity index is 2.23. The molecule has 0 bridgehead atoms. The molecule has 0 aromatic carbocycles. The summed E-state index contributed by atoms with van der Waals surface area (Å²) >= 11 is 0. The zero-order chi connectivity index (χ0) is 9.90. The molecule has 0 unspecified atom stereocenters. The van der Waals surface area contributed by atoms with E-state index >= 15 is 0 Å². The molecule has 1 heterocycles. The van der Waals surface area contributed by atoms with Crippen LogP contribution in [0.25, 0.3) is 0 Å². The summed E-state index contributed by atoms with van der Waals surface area (Å²) < 4.78 is 0. The van der Waals surface area contributed by atoms with Crippen LogP contribution in [-0.4, -0.2) is 20.2 Å². The molecular formula is C11H21NSi. The summed E-state index contributed by atoms with van der Waals surface area (Å²) in [7, 11) is -1.14. The van der Waals surface area contributed by atoms with Crippen LogP contribution >= 0.6 is 0 Å². The highest BCUT2D eigenvalue weighted by Crippen LogP contribution is 2.16. The molecule has 1 rings (SSSR count). The molecule has 0 saturated carbocycles. The second kappa shape index (κ2) is 4.30. The van der Waals surface area contributed by atoms with Crippen molar-refractivity contribution >= 4 is 8.07 Å². The van der Waals surface area contributed by atoms with E-state index in [4.69, 9.17) is 0 Å². The maximum atomic E-state index is 3.42. The molecule has 1 aliphatic rings. The van der Waals surface area contributed by atoms with Gasteiger partial charge in [0.1, 0.15) is 8.07 Å². The van der Waals surface area contributed by atoms with E-state index in [-0.39, 0.29) is 0 Å². The topological polar surface area (TPSA) is 21.9 Å². The summed E-state index contributed by atoms with van der Waals surface area (Å²) in [5.74, 6) is 3.36. The van der Waals surface area contributed by atoms with Crippen molar-refractivity contribution in [1.29, 1.82) is 0 Å². The fraction of sp³-hybridized carbons (Fsp3) is 0.818. The van der Waals surface area contributed by atoms with E-state index in [2.05, 4.69) is 43.3 Å². The van der Waals surface area contributed by atoms with Crippen molar-refractivity contribution in [3.05, 3.63) is 0 Å². The van der Waals surface area contributed by atoms with Crippen LogP contribution in [0.2, 0.25) is 19.6 Å². The summed E-state index contributed by atoms with van der Waals surface area (Å²) in [6.07, 6.45) is 3.94. The summed E-state index contributed by atoms with van der Waals surface area (Å²) in [5.41, 5.74) is 3.42. The Bertz CT molecular complexity index is 218. The van der Waals surface area contributed by atoms with Gasteiger partial charge in [0.15, 0.2) is 0 Å². The predicted octanol–water partition coefficient (Wildman–Crippen LogP) is 2.40. The molecule has 0 amide bonds. The molecule has 74 valence electrons. The van der Waals surface area contributed by atoms with Crippen molar-refractivity contribution < 1.29 is 0 Å². The van der Waals surface area contributed by atoms with Gasteiger partial charge in [-0.2, -0.15) is 0 Å². The third kappa shape index (κ3) is 4.49. The summed E-state index contributed by atoms with van der Waals surface area (Å²) in [6.45, 7) is 9.13. The first-order valence-electron chi connectivity index (χ1n) is 5.31. The van der Waals surface area contributed by atoms with E-state index in [1.165, 1.54) is 19.3 Å². The van der Waals surface area contributed by atoms with Gasteiger partial charge in [-0.3, -0.25) is 5.32 Å². The fourth-order valence-electron chi connectivity index (χ4n) is 1.29. The van der Waals surface area contributed by atoms with Gasteiger partial charge in [0.2, 0.25) is 0 Å². The Morgan fingerprint density at radius 2 is 2.00 bits per heavy atom. The standard InChI is InChI=1S/C11H21NSi/c1-5-6-7-10-11(12-10)8-9-13(2,3)4/h10-12H,5-7H2,1-4H3/t10-,11-/m0/s1. The SMILES string of the molecule is CCCC[C@@H]1N[C@H]1C#C[Si](C)(C)C. The van der Waals surface area contributed by atoms with E-state index in [1.807, 2.05) is 0 Å². The highest BCUT2D eigenvalue weighted by molar-refractivity contribution is 6.83. The van der Waals surface area contributed by atoms with E-state index < -0.39 is 8.07 Å². The van der Waals surface area contributed by atoms with Gasteiger partial charge in [-0.1, -0.05) is 45.3 Å². The number of hydrogen-bond donors (Lipinski definition) is 1. The normalized spacial score (nSPS) is 26.5. The lowest BCUT2D eigenvalue weighted by Gasteiger charge is -2.02. The Morgan fingerprint density at radius 3 is 2.54 bits per heavy atom. The van der Waals surface area contributed by atoms with Gasteiger partial charge in [-0.05, 0) is 6.42 Å². The minimum Gasteiger partial charge on any atom is -0.297 e. The van der Waals surface area contributed by atoms with Crippen molar-refractivity contribution in [3.63, 3.8) is 0 Å². The Kier molecular flexibility index (Phi) is 3.58. The van der Waals surface area contributed by atoms with E-state index in [0.717, 1.165) is 0 Å². The van der Waals surface area contributed by atoms with Gasteiger partial charge >= 0.3 is 0 Å².